The molecule has 2 heterocycles. The van der Waals surface area contributed by atoms with Crippen LogP contribution in [0.25, 0.3) is 0 Å². The monoisotopic (exact) mass is 235 g/mol. The van der Waals surface area contributed by atoms with Gasteiger partial charge in [0.25, 0.3) is 0 Å². The molecule has 6 heteroatoms. The molecule has 0 bridgehead atoms. The molecule has 0 spiro atoms. The van der Waals surface area contributed by atoms with Crippen molar-refractivity contribution < 1.29 is 4.39 Å². The van der Waals surface area contributed by atoms with Gasteiger partial charge in [-0.25, -0.2) is 14.4 Å². The SMILES string of the molecule is CCc1nn(C)cc1CNc1ncc(F)cn1. The van der Waals surface area contributed by atoms with Crippen LogP contribution >= 0.6 is 0 Å². The van der Waals surface area contributed by atoms with Crippen molar-refractivity contribution in [2.24, 2.45) is 7.05 Å². The highest BCUT2D eigenvalue weighted by Gasteiger charge is 2.06. The Kier molecular flexibility index (Phi) is 3.32. The van der Waals surface area contributed by atoms with E-state index >= 15 is 0 Å². The van der Waals surface area contributed by atoms with Gasteiger partial charge in [-0.15, -0.1) is 0 Å². The van der Waals surface area contributed by atoms with Gasteiger partial charge < -0.3 is 5.32 Å². The second-order valence-corrected chi connectivity index (χ2v) is 3.71. The van der Waals surface area contributed by atoms with Crippen molar-refractivity contribution in [3.8, 4) is 0 Å². The Morgan fingerprint density at radius 3 is 2.71 bits per heavy atom. The molecule has 17 heavy (non-hydrogen) atoms. The van der Waals surface area contributed by atoms with Crippen molar-refractivity contribution in [2.45, 2.75) is 19.9 Å². The molecule has 0 aliphatic carbocycles. The van der Waals surface area contributed by atoms with Gasteiger partial charge in [0.15, 0.2) is 5.82 Å². The van der Waals surface area contributed by atoms with Crippen LogP contribution in [0, 0.1) is 5.82 Å². The number of aryl methyl sites for hydroxylation is 2. The van der Waals surface area contributed by atoms with E-state index in [1.165, 1.54) is 0 Å². The molecule has 0 atom stereocenters. The average molecular weight is 235 g/mol. The van der Waals surface area contributed by atoms with Crippen LogP contribution in [0.2, 0.25) is 0 Å². The standard InChI is InChI=1S/C11H14FN5/c1-3-10-8(7-17(2)16-10)4-13-11-14-5-9(12)6-15-11/h5-7H,3-4H2,1-2H3,(H,13,14,15). The van der Waals surface area contributed by atoms with E-state index in [1.807, 2.05) is 13.2 Å². The van der Waals surface area contributed by atoms with Crippen LogP contribution in [-0.4, -0.2) is 19.7 Å². The maximum Gasteiger partial charge on any atom is 0.223 e. The molecular weight excluding hydrogens is 221 g/mol. The molecule has 5 nitrogen and oxygen atoms in total. The average Bonchev–Trinajstić information content (AvgIpc) is 2.69. The minimum atomic E-state index is -0.439. The van der Waals surface area contributed by atoms with Crippen LogP contribution in [0.3, 0.4) is 0 Å². The second-order valence-electron chi connectivity index (χ2n) is 3.71. The Labute approximate surface area is 98.7 Å². The number of anilines is 1. The van der Waals surface area contributed by atoms with Gasteiger partial charge in [-0.3, -0.25) is 4.68 Å². The highest BCUT2D eigenvalue weighted by atomic mass is 19.1. The Bertz CT molecular complexity index is 491. The quantitative estimate of drug-likeness (QED) is 0.873. The van der Waals surface area contributed by atoms with E-state index in [9.17, 15) is 4.39 Å². The number of aromatic nitrogens is 4. The lowest BCUT2D eigenvalue weighted by Crippen LogP contribution is -2.04. The molecule has 90 valence electrons. The van der Waals surface area contributed by atoms with Gasteiger partial charge in [0.2, 0.25) is 5.95 Å². The molecule has 0 aromatic carbocycles. The fourth-order valence-electron chi connectivity index (χ4n) is 1.61. The van der Waals surface area contributed by atoms with Gasteiger partial charge >= 0.3 is 0 Å². The summed E-state index contributed by atoms with van der Waals surface area (Å²) >= 11 is 0. The molecule has 0 aliphatic rings. The maximum atomic E-state index is 12.6. The maximum absolute atomic E-state index is 12.6. The third-order valence-corrected chi connectivity index (χ3v) is 2.38. The summed E-state index contributed by atoms with van der Waals surface area (Å²) in [5.41, 5.74) is 2.14. The second kappa shape index (κ2) is 4.90. The highest BCUT2D eigenvalue weighted by Crippen LogP contribution is 2.09. The van der Waals surface area contributed by atoms with Crippen molar-refractivity contribution in [1.29, 1.82) is 0 Å². The first-order chi connectivity index (χ1) is 8.19. The van der Waals surface area contributed by atoms with Gasteiger partial charge in [-0.05, 0) is 6.42 Å². The Hall–Kier alpha value is -1.98. The first-order valence-electron chi connectivity index (χ1n) is 5.42. The summed E-state index contributed by atoms with van der Waals surface area (Å²) in [7, 11) is 1.89. The Morgan fingerprint density at radius 2 is 2.06 bits per heavy atom. The minimum absolute atomic E-state index is 0.414. The molecule has 0 amide bonds. The van der Waals surface area contributed by atoms with Crippen LogP contribution in [0.5, 0.6) is 0 Å². The molecule has 2 aromatic rings. The summed E-state index contributed by atoms with van der Waals surface area (Å²) in [5.74, 6) is -0.0246. The first kappa shape index (κ1) is 11.5. The predicted octanol–water partition coefficient (Wildman–Crippen LogP) is 1.52. The molecule has 1 N–H and O–H groups in total. The van der Waals surface area contributed by atoms with Crippen molar-refractivity contribution in [1.82, 2.24) is 19.7 Å². The van der Waals surface area contributed by atoms with Crippen LogP contribution in [-0.2, 0) is 20.0 Å². The predicted molar refractivity (Wildman–Crippen MR) is 61.9 cm³/mol. The van der Waals surface area contributed by atoms with Crippen molar-refractivity contribution >= 4 is 5.95 Å². The third kappa shape index (κ3) is 2.77. The Morgan fingerprint density at radius 1 is 1.35 bits per heavy atom. The fraction of sp³-hybridized carbons (Fsp3) is 0.364. The Balaban J connectivity index is 2.04. The first-order valence-corrected chi connectivity index (χ1v) is 5.42. The lowest BCUT2D eigenvalue weighted by Gasteiger charge is -2.03. The normalized spacial score (nSPS) is 10.5. The van der Waals surface area contributed by atoms with E-state index in [-0.39, 0.29) is 0 Å². The van der Waals surface area contributed by atoms with Gasteiger partial charge in [0.05, 0.1) is 18.1 Å². The van der Waals surface area contributed by atoms with E-state index in [2.05, 4.69) is 27.3 Å². The number of hydrogen-bond acceptors (Lipinski definition) is 4. The summed E-state index contributed by atoms with van der Waals surface area (Å²) in [5, 5.41) is 7.37. The number of nitrogens with zero attached hydrogens (tertiary/aromatic N) is 4. The lowest BCUT2D eigenvalue weighted by molar-refractivity contribution is 0.614. The number of nitrogens with one attached hydrogen (secondary N) is 1. The van der Waals surface area contributed by atoms with Crippen LogP contribution in [0.1, 0.15) is 18.2 Å². The molecule has 0 unspecified atom stereocenters. The van der Waals surface area contributed by atoms with E-state index in [0.717, 1.165) is 30.1 Å². The smallest absolute Gasteiger partial charge is 0.223 e. The van der Waals surface area contributed by atoms with Gasteiger partial charge in [-0.2, -0.15) is 5.10 Å². The van der Waals surface area contributed by atoms with Crippen molar-refractivity contribution in [3.63, 3.8) is 0 Å². The van der Waals surface area contributed by atoms with Gasteiger partial charge in [-0.1, -0.05) is 6.92 Å². The van der Waals surface area contributed by atoms with Crippen molar-refractivity contribution in [2.75, 3.05) is 5.32 Å². The lowest BCUT2D eigenvalue weighted by atomic mass is 10.2. The molecule has 0 aliphatic heterocycles. The van der Waals surface area contributed by atoms with Crippen molar-refractivity contribution in [3.05, 3.63) is 35.7 Å². The van der Waals surface area contributed by atoms with Crippen LogP contribution in [0.4, 0.5) is 10.3 Å². The van der Waals surface area contributed by atoms with E-state index in [4.69, 9.17) is 0 Å². The molecule has 2 aromatic heterocycles. The highest BCUT2D eigenvalue weighted by molar-refractivity contribution is 5.27. The van der Waals surface area contributed by atoms with E-state index < -0.39 is 5.82 Å². The third-order valence-electron chi connectivity index (χ3n) is 2.38. The van der Waals surface area contributed by atoms with Gasteiger partial charge in [0.1, 0.15) is 0 Å². The summed E-state index contributed by atoms with van der Waals surface area (Å²) < 4.78 is 14.4. The van der Waals surface area contributed by atoms with E-state index in [1.54, 1.807) is 4.68 Å². The largest absolute Gasteiger partial charge is 0.350 e. The zero-order chi connectivity index (χ0) is 12.3. The molecule has 2 rings (SSSR count). The summed E-state index contributed by atoms with van der Waals surface area (Å²) in [6, 6.07) is 0. The van der Waals surface area contributed by atoms with Crippen LogP contribution < -0.4 is 5.32 Å². The molecule has 0 radical (unpaired) electrons. The molecule has 0 saturated carbocycles. The minimum Gasteiger partial charge on any atom is -0.350 e. The molecular formula is C11H14FN5. The topological polar surface area (TPSA) is 55.6 Å². The molecule has 0 fully saturated rings. The zero-order valence-electron chi connectivity index (χ0n) is 9.81. The van der Waals surface area contributed by atoms with E-state index in [0.29, 0.717) is 12.5 Å². The summed E-state index contributed by atoms with van der Waals surface area (Å²) in [6.07, 6.45) is 5.11. The number of halogens is 1. The summed E-state index contributed by atoms with van der Waals surface area (Å²) in [4.78, 5) is 7.66. The number of hydrogen-bond donors (Lipinski definition) is 1. The summed E-state index contributed by atoms with van der Waals surface area (Å²) in [6.45, 7) is 2.64. The zero-order valence-corrected chi connectivity index (χ0v) is 9.81. The van der Waals surface area contributed by atoms with Crippen LogP contribution in [0.15, 0.2) is 18.6 Å². The fourth-order valence-corrected chi connectivity index (χ4v) is 1.61. The van der Waals surface area contributed by atoms with Gasteiger partial charge in [0, 0.05) is 25.4 Å². The molecule has 0 saturated heterocycles. The number of rotatable bonds is 4.